The molecule has 190 valence electrons. The largest absolute Gasteiger partial charge is 0.489 e. The number of amides is 3. The van der Waals surface area contributed by atoms with Crippen molar-refractivity contribution in [1.29, 1.82) is 0 Å². The maximum atomic E-state index is 14.0. The molecule has 2 atom stereocenters. The van der Waals surface area contributed by atoms with Gasteiger partial charge in [-0.2, -0.15) is 0 Å². The van der Waals surface area contributed by atoms with Gasteiger partial charge in [0.25, 0.3) is 5.91 Å². The van der Waals surface area contributed by atoms with Crippen LogP contribution in [0.1, 0.15) is 36.9 Å². The van der Waals surface area contributed by atoms with Crippen molar-refractivity contribution in [3.05, 3.63) is 72.6 Å². The summed E-state index contributed by atoms with van der Waals surface area (Å²) in [7, 11) is 0. The molecule has 3 amide bonds. The second-order valence-electron chi connectivity index (χ2n) is 9.76. The SMILES string of the molecule is C=CCOc1ccccc1CN1CCC([C@]2(c3ccccn3)NC(=O)N(C[C@H]3CCCO3)C2=O)CC1. The number of carbonyl (C=O) groups is 2. The fraction of sp³-hybridized carbons (Fsp3) is 0.464. The van der Waals surface area contributed by atoms with E-state index in [1.165, 1.54) is 4.90 Å². The maximum absolute atomic E-state index is 14.0. The lowest BCUT2D eigenvalue weighted by Crippen LogP contribution is -2.54. The molecule has 1 aromatic carbocycles. The lowest BCUT2D eigenvalue weighted by molar-refractivity contribution is -0.135. The number of para-hydroxylation sites is 1. The lowest BCUT2D eigenvalue weighted by Gasteiger charge is -2.40. The number of likely N-dealkylation sites (tertiary alicyclic amines) is 1. The lowest BCUT2D eigenvalue weighted by atomic mass is 9.75. The zero-order valence-electron chi connectivity index (χ0n) is 20.6. The fourth-order valence-corrected chi connectivity index (χ4v) is 5.70. The highest BCUT2D eigenvalue weighted by Gasteiger charge is 2.58. The number of carbonyl (C=O) groups excluding carboxylic acids is 2. The molecule has 0 bridgehead atoms. The van der Waals surface area contributed by atoms with Crippen molar-refractivity contribution in [2.75, 3.05) is 32.8 Å². The second-order valence-corrected chi connectivity index (χ2v) is 9.76. The van der Waals surface area contributed by atoms with Crippen LogP contribution in [0.4, 0.5) is 4.79 Å². The first-order valence-corrected chi connectivity index (χ1v) is 12.8. The Bertz CT molecular complexity index is 1080. The standard InChI is InChI=1S/C28H34N4O4/c1-2-17-36-24-10-4-3-8-21(24)19-31-15-12-22(13-16-31)28(25-11-5-6-14-29-25)26(33)32(27(34)30-28)20-23-9-7-18-35-23/h2-6,8,10-11,14,22-23H,1,7,9,12-13,15-20H2,(H,30,34)/t23-,28-/m1/s1. The van der Waals surface area contributed by atoms with E-state index in [0.29, 0.717) is 25.5 Å². The van der Waals surface area contributed by atoms with Crippen LogP contribution < -0.4 is 10.1 Å². The van der Waals surface area contributed by atoms with Crippen LogP contribution in [0.15, 0.2) is 61.3 Å². The van der Waals surface area contributed by atoms with Crippen molar-refractivity contribution in [2.45, 2.75) is 43.9 Å². The van der Waals surface area contributed by atoms with Crippen molar-refractivity contribution in [2.24, 2.45) is 5.92 Å². The number of piperidine rings is 1. The second kappa shape index (κ2) is 10.8. The fourth-order valence-electron chi connectivity index (χ4n) is 5.70. The molecule has 8 heteroatoms. The molecule has 3 aliphatic rings. The maximum Gasteiger partial charge on any atom is 0.325 e. The molecule has 8 nitrogen and oxygen atoms in total. The van der Waals surface area contributed by atoms with Gasteiger partial charge in [0.15, 0.2) is 5.54 Å². The molecular weight excluding hydrogens is 456 g/mol. The van der Waals surface area contributed by atoms with Crippen LogP contribution in [-0.2, 0) is 21.6 Å². The van der Waals surface area contributed by atoms with Crippen LogP contribution in [0.2, 0.25) is 0 Å². The minimum Gasteiger partial charge on any atom is -0.489 e. The van der Waals surface area contributed by atoms with E-state index in [4.69, 9.17) is 9.47 Å². The van der Waals surface area contributed by atoms with E-state index >= 15 is 0 Å². The Hall–Kier alpha value is -3.23. The van der Waals surface area contributed by atoms with E-state index in [1.54, 1.807) is 12.3 Å². The Morgan fingerprint density at radius 1 is 1.14 bits per heavy atom. The summed E-state index contributed by atoms with van der Waals surface area (Å²) in [6.07, 6.45) is 6.70. The molecule has 0 spiro atoms. The first kappa shape index (κ1) is 24.5. The molecule has 0 unspecified atom stereocenters. The quantitative estimate of drug-likeness (QED) is 0.428. The molecule has 5 rings (SSSR count). The minimum atomic E-state index is -1.14. The van der Waals surface area contributed by atoms with E-state index in [9.17, 15) is 9.59 Å². The smallest absolute Gasteiger partial charge is 0.325 e. The van der Waals surface area contributed by atoms with E-state index in [1.807, 2.05) is 36.4 Å². The summed E-state index contributed by atoms with van der Waals surface area (Å²) in [5.41, 5.74) is 0.596. The molecule has 0 saturated carbocycles. The minimum absolute atomic E-state index is 0.0538. The number of urea groups is 1. The number of imide groups is 1. The summed E-state index contributed by atoms with van der Waals surface area (Å²) < 4.78 is 11.6. The number of benzene rings is 1. The van der Waals surface area contributed by atoms with Crippen LogP contribution in [0.5, 0.6) is 5.75 Å². The average molecular weight is 491 g/mol. The highest BCUT2D eigenvalue weighted by atomic mass is 16.5. The van der Waals surface area contributed by atoms with Crippen LogP contribution in [0.25, 0.3) is 0 Å². The van der Waals surface area contributed by atoms with Gasteiger partial charge >= 0.3 is 6.03 Å². The molecule has 1 N–H and O–H groups in total. The van der Waals surface area contributed by atoms with Gasteiger partial charge in [0, 0.05) is 24.9 Å². The predicted octanol–water partition coefficient (Wildman–Crippen LogP) is 3.48. The van der Waals surface area contributed by atoms with E-state index in [0.717, 1.165) is 56.6 Å². The number of ether oxygens (including phenoxy) is 2. The number of pyridine rings is 1. The van der Waals surface area contributed by atoms with Gasteiger partial charge in [-0.1, -0.05) is 36.9 Å². The number of hydrogen-bond donors (Lipinski definition) is 1. The molecule has 2 aromatic rings. The average Bonchev–Trinajstić information content (AvgIpc) is 3.52. The topological polar surface area (TPSA) is 84.0 Å². The zero-order chi connectivity index (χ0) is 25.0. The van der Waals surface area contributed by atoms with E-state index in [2.05, 4.69) is 27.8 Å². The Balaban J connectivity index is 1.33. The number of nitrogens with one attached hydrogen (secondary N) is 1. The van der Waals surface area contributed by atoms with Crippen LogP contribution >= 0.6 is 0 Å². The summed E-state index contributed by atoms with van der Waals surface area (Å²) in [5.74, 6) is 0.609. The van der Waals surface area contributed by atoms with Gasteiger partial charge < -0.3 is 14.8 Å². The molecule has 3 saturated heterocycles. The van der Waals surface area contributed by atoms with Gasteiger partial charge in [0.05, 0.1) is 18.3 Å². The van der Waals surface area contributed by atoms with Crippen LogP contribution in [0.3, 0.4) is 0 Å². The van der Waals surface area contributed by atoms with Crippen molar-refractivity contribution in [1.82, 2.24) is 20.1 Å². The number of rotatable bonds is 9. The summed E-state index contributed by atoms with van der Waals surface area (Å²) in [6, 6.07) is 13.3. The number of nitrogens with zero attached hydrogens (tertiary/aromatic N) is 3. The summed E-state index contributed by atoms with van der Waals surface area (Å²) in [5, 5.41) is 3.10. The van der Waals surface area contributed by atoms with Crippen LogP contribution in [-0.4, -0.2) is 65.7 Å². The number of hydrogen-bond acceptors (Lipinski definition) is 6. The highest BCUT2D eigenvalue weighted by molar-refractivity contribution is 6.07. The third kappa shape index (κ3) is 4.75. The van der Waals surface area contributed by atoms with Gasteiger partial charge in [-0.3, -0.25) is 19.6 Å². The van der Waals surface area contributed by atoms with Gasteiger partial charge in [-0.25, -0.2) is 4.79 Å². The summed E-state index contributed by atoms with van der Waals surface area (Å²) >= 11 is 0. The zero-order valence-corrected chi connectivity index (χ0v) is 20.6. The highest BCUT2D eigenvalue weighted by Crippen LogP contribution is 2.41. The van der Waals surface area contributed by atoms with E-state index < -0.39 is 5.54 Å². The summed E-state index contributed by atoms with van der Waals surface area (Å²) in [4.78, 5) is 35.3. The molecule has 36 heavy (non-hydrogen) atoms. The molecule has 0 aliphatic carbocycles. The number of aromatic nitrogens is 1. The van der Waals surface area contributed by atoms with Crippen molar-refractivity contribution >= 4 is 11.9 Å². The Morgan fingerprint density at radius 2 is 1.94 bits per heavy atom. The van der Waals surface area contributed by atoms with Gasteiger partial charge in [-0.15, -0.1) is 0 Å². The first-order valence-electron chi connectivity index (χ1n) is 12.8. The van der Waals surface area contributed by atoms with Crippen molar-refractivity contribution in [3.63, 3.8) is 0 Å². The Morgan fingerprint density at radius 3 is 2.67 bits per heavy atom. The van der Waals surface area contributed by atoms with Gasteiger partial charge in [0.1, 0.15) is 12.4 Å². The molecule has 3 fully saturated rings. The van der Waals surface area contributed by atoms with Crippen molar-refractivity contribution in [3.8, 4) is 5.75 Å². The van der Waals surface area contributed by atoms with Crippen molar-refractivity contribution < 1.29 is 19.1 Å². The third-order valence-electron chi connectivity index (χ3n) is 7.53. The first-order chi connectivity index (χ1) is 17.6. The Labute approximate surface area is 212 Å². The summed E-state index contributed by atoms with van der Waals surface area (Å²) in [6.45, 7) is 7.56. The van der Waals surface area contributed by atoms with Gasteiger partial charge in [-0.05, 0) is 62.9 Å². The monoisotopic (exact) mass is 490 g/mol. The normalized spacial score (nSPS) is 25.2. The Kier molecular flexibility index (Phi) is 7.34. The third-order valence-corrected chi connectivity index (χ3v) is 7.53. The van der Waals surface area contributed by atoms with E-state index in [-0.39, 0.29) is 24.0 Å². The molecular formula is C28H34N4O4. The molecule has 1 aromatic heterocycles. The molecule has 3 aliphatic heterocycles. The molecule has 4 heterocycles. The predicted molar refractivity (Wildman–Crippen MR) is 135 cm³/mol. The molecule has 0 radical (unpaired) electrons. The van der Waals surface area contributed by atoms with Crippen LogP contribution in [0, 0.1) is 5.92 Å². The van der Waals surface area contributed by atoms with Gasteiger partial charge in [0.2, 0.25) is 0 Å².